The van der Waals surface area contributed by atoms with Crippen molar-refractivity contribution in [1.82, 2.24) is 14.9 Å². The largest absolute Gasteiger partial charge is 0.466 e. The molecule has 8 nitrogen and oxygen atoms in total. The second-order valence-electron chi connectivity index (χ2n) is 9.69. The number of hydrogen-bond acceptors (Lipinski definition) is 8. The number of esters is 1. The smallest absolute Gasteiger partial charge is 0.433 e. The topological polar surface area (TPSA) is 88.8 Å². The van der Waals surface area contributed by atoms with Crippen molar-refractivity contribution in [1.29, 1.82) is 0 Å². The summed E-state index contributed by atoms with van der Waals surface area (Å²) in [6.07, 6.45) is 1.83. The van der Waals surface area contributed by atoms with Gasteiger partial charge in [-0.25, -0.2) is 9.97 Å². The molecular formula is C26H33F3N4O4S. The molecule has 3 heterocycles. The van der Waals surface area contributed by atoms with E-state index in [2.05, 4.69) is 9.97 Å². The van der Waals surface area contributed by atoms with E-state index in [-0.39, 0.29) is 59.5 Å². The Bertz CT molecular complexity index is 1120. The summed E-state index contributed by atoms with van der Waals surface area (Å²) in [5, 5.41) is -0.00456. The summed E-state index contributed by atoms with van der Waals surface area (Å²) in [5.41, 5.74) is -0.982. The first-order chi connectivity index (χ1) is 18.2. The van der Waals surface area contributed by atoms with Gasteiger partial charge >= 0.3 is 12.1 Å². The number of furan rings is 1. The highest BCUT2D eigenvalue weighted by molar-refractivity contribution is 7.98. The Morgan fingerprint density at radius 3 is 2.63 bits per heavy atom. The molecule has 1 saturated carbocycles. The maximum atomic E-state index is 13.6. The Labute approximate surface area is 224 Å². The van der Waals surface area contributed by atoms with Crippen LogP contribution in [0.1, 0.15) is 73.9 Å². The zero-order chi connectivity index (χ0) is 27.3. The molecule has 2 aromatic rings. The standard InChI is InChI=1S/C26H33F3N4O4S/c1-3-36-24(35)17-8-7-13-33(15-17)23(34)20-12-11-19(37-20)16-38-25-30-21(26(27,28)29)14-22(31-25)32(2)18-9-5-4-6-10-18/h11-12,14,17-18H,3-10,13,15-16H2,1-2H3. The van der Waals surface area contributed by atoms with Crippen LogP contribution in [-0.4, -0.2) is 59.5 Å². The number of hydrogen-bond donors (Lipinski definition) is 0. The molecule has 0 radical (unpaired) electrons. The average molecular weight is 555 g/mol. The number of ether oxygens (including phenoxy) is 1. The van der Waals surface area contributed by atoms with Gasteiger partial charge in [0.05, 0.1) is 18.3 Å². The van der Waals surface area contributed by atoms with Crippen LogP contribution < -0.4 is 4.90 Å². The summed E-state index contributed by atoms with van der Waals surface area (Å²) in [6.45, 7) is 2.80. The lowest BCUT2D eigenvalue weighted by molar-refractivity contribution is -0.149. The quantitative estimate of drug-likeness (QED) is 0.238. The SMILES string of the molecule is CCOC(=O)C1CCCN(C(=O)c2ccc(CSc3nc(N(C)C4CCCCC4)cc(C(F)(F)F)n3)o2)C1. The van der Waals surface area contributed by atoms with Crippen molar-refractivity contribution >= 4 is 29.5 Å². The summed E-state index contributed by atoms with van der Waals surface area (Å²) in [5.74, 6) is -0.0617. The Kier molecular flexibility index (Phi) is 9.22. The minimum absolute atomic E-state index is 0.00456. The van der Waals surface area contributed by atoms with Gasteiger partial charge in [0.25, 0.3) is 5.91 Å². The van der Waals surface area contributed by atoms with Gasteiger partial charge in [0.1, 0.15) is 11.6 Å². The third-order valence-electron chi connectivity index (χ3n) is 7.01. The third-order valence-corrected chi connectivity index (χ3v) is 7.88. The Balaban J connectivity index is 1.43. The summed E-state index contributed by atoms with van der Waals surface area (Å²) >= 11 is 1.02. The highest BCUT2D eigenvalue weighted by Crippen LogP contribution is 2.34. The first-order valence-electron chi connectivity index (χ1n) is 13.0. The highest BCUT2D eigenvalue weighted by atomic mass is 32.2. The number of alkyl halides is 3. The van der Waals surface area contributed by atoms with Crippen molar-refractivity contribution in [3.8, 4) is 0 Å². The van der Waals surface area contributed by atoms with Crippen LogP contribution in [0.5, 0.6) is 0 Å². The number of likely N-dealkylation sites (tertiary alicyclic amines) is 1. The number of rotatable bonds is 8. The molecule has 2 aliphatic rings. The van der Waals surface area contributed by atoms with E-state index in [9.17, 15) is 22.8 Å². The predicted octanol–water partition coefficient (Wildman–Crippen LogP) is 5.56. The second-order valence-corrected chi connectivity index (χ2v) is 10.6. The van der Waals surface area contributed by atoms with Gasteiger partial charge < -0.3 is 19.0 Å². The van der Waals surface area contributed by atoms with E-state index in [0.29, 0.717) is 25.1 Å². The van der Waals surface area contributed by atoms with E-state index in [1.54, 1.807) is 31.0 Å². The number of amides is 1. The summed E-state index contributed by atoms with van der Waals surface area (Å²) in [7, 11) is 1.78. The summed E-state index contributed by atoms with van der Waals surface area (Å²) in [4.78, 5) is 36.6. The maximum Gasteiger partial charge on any atom is 0.433 e. The number of nitrogens with zero attached hydrogens (tertiary/aromatic N) is 4. The van der Waals surface area contributed by atoms with Gasteiger partial charge in [-0.15, -0.1) is 0 Å². The van der Waals surface area contributed by atoms with Gasteiger partial charge in [0.15, 0.2) is 16.6 Å². The van der Waals surface area contributed by atoms with E-state index in [1.807, 2.05) is 4.90 Å². The monoisotopic (exact) mass is 554 g/mol. The minimum atomic E-state index is -4.60. The number of thioether (sulfide) groups is 1. The number of halogens is 3. The highest BCUT2D eigenvalue weighted by Gasteiger charge is 2.35. The minimum Gasteiger partial charge on any atom is -0.466 e. The third kappa shape index (κ3) is 7.00. The molecule has 38 heavy (non-hydrogen) atoms. The zero-order valence-electron chi connectivity index (χ0n) is 21.6. The Morgan fingerprint density at radius 2 is 1.92 bits per heavy atom. The molecule has 0 bridgehead atoms. The average Bonchev–Trinajstić information content (AvgIpc) is 3.40. The fourth-order valence-corrected chi connectivity index (χ4v) is 5.68. The van der Waals surface area contributed by atoms with Crippen LogP contribution in [0.3, 0.4) is 0 Å². The van der Waals surface area contributed by atoms with Crippen LogP contribution in [0.25, 0.3) is 0 Å². The molecule has 0 spiro atoms. The normalized spacial score (nSPS) is 18.9. The lowest BCUT2D eigenvalue weighted by Gasteiger charge is -2.32. The second kappa shape index (κ2) is 12.4. The fraction of sp³-hybridized carbons (Fsp3) is 0.615. The number of carbonyl (C=O) groups excluding carboxylic acids is 2. The van der Waals surface area contributed by atoms with Crippen molar-refractivity contribution in [2.24, 2.45) is 5.92 Å². The summed E-state index contributed by atoms with van der Waals surface area (Å²) in [6, 6.07) is 4.32. The van der Waals surface area contributed by atoms with E-state index in [1.165, 1.54) is 0 Å². The van der Waals surface area contributed by atoms with E-state index >= 15 is 0 Å². The molecule has 0 N–H and O–H groups in total. The predicted molar refractivity (Wildman–Crippen MR) is 136 cm³/mol. The summed E-state index contributed by atoms with van der Waals surface area (Å²) < 4.78 is 51.6. The molecule has 2 aromatic heterocycles. The van der Waals surface area contributed by atoms with E-state index in [4.69, 9.17) is 9.15 Å². The molecule has 1 amide bonds. The number of aromatic nitrogens is 2. The molecule has 12 heteroatoms. The van der Waals surface area contributed by atoms with Gasteiger partial charge in [-0.05, 0) is 44.7 Å². The van der Waals surface area contributed by atoms with Crippen LogP contribution in [0.15, 0.2) is 27.8 Å². The van der Waals surface area contributed by atoms with Gasteiger partial charge in [-0.1, -0.05) is 31.0 Å². The van der Waals surface area contributed by atoms with Gasteiger partial charge in [0, 0.05) is 32.2 Å². The number of piperidine rings is 1. The van der Waals surface area contributed by atoms with Crippen molar-refractivity contribution in [2.45, 2.75) is 75.0 Å². The van der Waals surface area contributed by atoms with Crippen LogP contribution in [-0.2, 0) is 21.5 Å². The molecule has 1 aliphatic heterocycles. The van der Waals surface area contributed by atoms with Crippen LogP contribution in [0.4, 0.5) is 19.0 Å². The Hall–Kier alpha value is -2.76. The molecule has 4 rings (SSSR count). The maximum absolute atomic E-state index is 13.6. The molecule has 1 saturated heterocycles. The van der Waals surface area contributed by atoms with E-state index < -0.39 is 11.9 Å². The van der Waals surface area contributed by atoms with Gasteiger partial charge in [-0.3, -0.25) is 9.59 Å². The van der Waals surface area contributed by atoms with Crippen molar-refractivity contribution in [3.05, 3.63) is 35.4 Å². The van der Waals surface area contributed by atoms with Crippen molar-refractivity contribution in [2.75, 3.05) is 31.6 Å². The molecule has 1 aliphatic carbocycles. The molecule has 0 aromatic carbocycles. The van der Waals surface area contributed by atoms with Crippen molar-refractivity contribution in [3.63, 3.8) is 0 Å². The first kappa shape index (κ1) is 28.3. The first-order valence-corrected chi connectivity index (χ1v) is 14.0. The van der Waals surface area contributed by atoms with Gasteiger partial charge in [0.2, 0.25) is 0 Å². The molecule has 2 fully saturated rings. The lowest BCUT2D eigenvalue weighted by atomic mass is 9.94. The van der Waals surface area contributed by atoms with Gasteiger partial charge in [-0.2, -0.15) is 13.2 Å². The van der Waals surface area contributed by atoms with Crippen LogP contribution in [0.2, 0.25) is 0 Å². The Morgan fingerprint density at radius 1 is 1.16 bits per heavy atom. The van der Waals surface area contributed by atoms with Crippen molar-refractivity contribution < 1.29 is 31.9 Å². The molecule has 208 valence electrons. The lowest BCUT2D eigenvalue weighted by Crippen LogP contribution is -2.42. The fourth-order valence-electron chi connectivity index (χ4n) is 4.93. The number of carbonyl (C=O) groups is 2. The van der Waals surface area contributed by atoms with Crippen LogP contribution in [0, 0.1) is 5.92 Å². The molecule has 1 atom stereocenters. The molecule has 1 unspecified atom stereocenters. The zero-order valence-corrected chi connectivity index (χ0v) is 22.4. The van der Waals surface area contributed by atoms with Crippen LogP contribution >= 0.6 is 11.8 Å². The number of anilines is 1. The van der Waals surface area contributed by atoms with E-state index in [0.717, 1.165) is 49.9 Å². The molecular weight excluding hydrogens is 521 g/mol.